The third kappa shape index (κ3) is 5.19. The summed E-state index contributed by atoms with van der Waals surface area (Å²) in [6.45, 7) is 7.35. The van der Waals surface area contributed by atoms with Crippen LogP contribution in [0.15, 0.2) is 30.6 Å². The summed E-state index contributed by atoms with van der Waals surface area (Å²) < 4.78 is 7.49. The maximum Gasteiger partial charge on any atom is 0.203 e. The minimum Gasteiger partial charge on any atom is -0.382 e. The molecule has 0 atom stereocenters. The molecular formula is C16H24N4O. The van der Waals surface area contributed by atoms with Crippen LogP contribution in [0.5, 0.6) is 0 Å². The van der Waals surface area contributed by atoms with Gasteiger partial charge >= 0.3 is 0 Å². The zero-order chi connectivity index (χ0) is 14.9. The van der Waals surface area contributed by atoms with Crippen LogP contribution in [0.2, 0.25) is 0 Å². The van der Waals surface area contributed by atoms with Gasteiger partial charge in [-0.25, -0.2) is 4.98 Å². The largest absolute Gasteiger partial charge is 0.382 e. The Morgan fingerprint density at radius 2 is 2.24 bits per heavy atom. The molecule has 0 aromatic carbocycles. The Labute approximate surface area is 126 Å². The molecule has 114 valence electrons. The smallest absolute Gasteiger partial charge is 0.203 e. The molecule has 0 bridgehead atoms. The predicted molar refractivity (Wildman–Crippen MR) is 84.5 cm³/mol. The highest BCUT2D eigenvalue weighted by atomic mass is 16.5. The van der Waals surface area contributed by atoms with Gasteiger partial charge in [0.2, 0.25) is 5.95 Å². The third-order valence-electron chi connectivity index (χ3n) is 3.18. The van der Waals surface area contributed by atoms with E-state index in [2.05, 4.69) is 32.1 Å². The molecule has 21 heavy (non-hydrogen) atoms. The minimum atomic E-state index is 0.776. The Balaban J connectivity index is 1.84. The molecule has 5 heteroatoms. The van der Waals surface area contributed by atoms with E-state index in [0.717, 1.165) is 56.5 Å². The van der Waals surface area contributed by atoms with Gasteiger partial charge in [0, 0.05) is 50.8 Å². The number of rotatable bonds is 9. The third-order valence-corrected chi connectivity index (χ3v) is 3.18. The zero-order valence-electron chi connectivity index (χ0n) is 12.9. The van der Waals surface area contributed by atoms with Crippen LogP contribution in [0, 0.1) is 6.92 Å². The van der Waals surface area contributed by atoms with E-state index in [-0.39, 0.29) is 0 Å². The maximum absolute atomic E-state index is 5.34. The lowest BCUT2D eigenvalue weighted by Crippen LogP contribution is -2.11. The molecule has 0 aliphatic heterocycles. The normalized spacial score (nSPS) is 10.8. The molecule has 1 N–H and O–H groups in total. The second-order valence-electron chi connectivity index (χ2n) is 4.95. The molecule has 0 spiro atoms. The van der Waals surface area contributed by atoms with Crippen molar-refractivity contribution in [2.75, 3.05) is 25.1 Å². The Morgan fingerprint density at radius 1 is 1.33 bits per heavy atom. The highest BCUT2D eigenvalue weighted by Gasteiger charge is 2.05. The molecule has 2 rings (SSSR count). The van der Waals surface area contributed by atoms with Crippen LogP contribution >= 0.6 is 0 Å². The van der Waals surface area contributed by atoms with Gasteiger partial charge in [-0.3, -0.25) is 4.98 Å². The Hall–Kier alpha value is -1.88. The van der Waals surface area contributed by atoms with Crippen molar-refractivity contribution in [1.82, 2.24) is 14.5 Å². The van der Waals surface area contributed by atoms with E-state index in [1.807, 2.05) is 32.2 Å². The molecule has 2 heterocycles. The molecule has 0 fully saturated rings. The zero-order valence-corrected chi connectivity index (χ0v) is 12.9. The molecule has 5 nitrogen and oxygen atoms in total. The summed E-state index contributed by atoms with van der Waals surface area (Å²) in [6, 6.07) is 6.02. The summed E-state index contributed by atoms with van der Waals surface area (Å²) in [5.41, 5.74) is 2.13. The van der Waals surface area contributed by atoms with E-state index in [1.54, 1.807) is 0 Å². The van der Waals surface area contributed by atoms with Crippen molar-refractivity contribution < 1.29 is 4.74 Å². The number of hydrogen-bond donors (Lipinski definition) is 1. The van der Waals surface area contributed by atoms with E-state index in [1.165, 1.54) is 0 Å². The van der Waals surface area contributed by atoms with Crippen molar-refractivity contribution in [2.24, 2.45) is 0 Å². The Kier molecular flexibility index (Phi) is 6.22. The van der Waals surface area contributed by atoms with Crippen LogP contribution in [0.25, 0.3) is 0 Å². The van der Waals surface area contributed by atoms with Crippen LogP contribution in [-0.4, -0.2) is 34.3 Å². The Morgan fingerprint density at radius 3 is 3.00 bits per heavy atom. The predicted octanol–water partition coefficient (Wildman–Crippen LogP) is 2.67. The summed E-state index contributed by atoms with van der Waals surface area (Å²) in [5, 5.41) is 3.38. The SMILES string of the molecule is CCOCCCNc1nc(C)cn1CCc1ccccn1. The summed E-state index contributed by atoms with van der Waals surface area (Å²) in [6.07, 6.45) is 5.81. The first kappa shape index (κ1) is 15.5. The molecule has 2 aromatic rings. The molecule has 0 saturated heterocycles. The number of hydrogen-bond acceptors (Lipinski definition) is 4. The van der Waals surface area contributed by atoms with Crippen LogP contribution in [-0.2, 0) is 17.7 Å². The van der Waals surface area contributed by atoms with Crippen molar-refractivity contribution in [1.29, 1.82) is 0 Å². The van der Waals surface area contributed by atoms with Gasteiger partial charge in [-0.15, -0.1) is 0 Å². The molecule has 0 amide bonds. The van der Waals surface area contributed by atoms with E-state index < -0.39 is 0 Å². The van der Waals surface area contributed by atoms with Gasteiger partial charge in [-0.05, 0) is 32.4 Å². The van der Waals surface area contributed by atoms with Gasteiger partial charge in [0.1, 0.15) is 0 Å². The second kappa shape index (κ2) is 8.42. The topological polar surface area (TPSA) is 52.0 Å². The summed E-state index contributed by atoms with van der Waals surface area (Å²) in [5.74, 6) is 0.930. The van der Waals surface area contributed by atoms with Crippen LogP contribution < -0.4 is 5.32 Å². The van der Waals surface area contributed by atoms with Crippen molar-refractivity contribution in [3.05, 3.63) is 42.0 Å². The van der Waals surface area contributed by atoms with Crippen molar-refractivity contribution in [3.63, 3.8) is 0 Å². The molecule has 0 radical (unpaired) electrons. The van der Waals surface area contributed by atoms with Crippen molar-refractivity contribution in [3.8, 4) is 0 Å². The molecule has 2 aromatic heterocycles. The number of nitrogens with zero attached hydrogens (tertiary/aromatic N) is 3. The van der Waals surface area contributed by atoms with Crippen LogP contribution in [0.1, 0.15) is 24.7 Å². The van der Waals surface area contributed by atoms with Gasteiger partial charge in [0.15, 0.2) is 0 Å². The summed E-state index contributed by atoms with van der Waals surface area (Å²) in [7, 11) is 0. The number of pyridine rings is 1. The molecule has 0 saturated carbocycles. The van der Waals surface area contributed by atoms with Crippen molar-refractivity contribution in [2.45, 2.75) is 33.2 Å². The molecular weight excluding hydrogens is 264 g/mol. The summed E-state index contributed by atoms with van der Waals surface area (Å²) >= 11 is 0. The highest BCUT2D eigenvalue weighted by Crippen LogP contribution is 2.10. The number of aryl methyl sites for hydroxylation is 3. The van der Waals surface area contributed by atoms with Crippen molar-refractivity contribution >= 4 is 5.95 Å². The lowest BCUT2D eigenvalue weighted by molar-refractivity contribution is 0.147. The van der Waals surface area contributed by atoms with E-state index >= 15 is 0 Å². The fraction of sp³-hybridized carbons (Fsp3) is 0.500. The first-order valence-corrected chi connectivity index (χ1v) is 7.55. The van der Waals surface area contributed by atoms with Gasteiger partial charge < -0.3 is 14.6 Å². The highest BCUT2D eigenvalue weighted by molar-refractivity contribution is 5.28. The monoisotopic (exact) mass is 288 g/mol. The lowest BCUT2D eigenvalue weighted by Gasteiger charge is -2.09. The fourth-order valence-corrected chi connectivity index (χ4v) is 2.16. The average molecular weight is 288 g/mol. The first-order valence-electron chi connectivity index (χ1n) is 7.55. The number of anilines is 1. The van der Waals surface area contributed by atoms with E-state index in [0.29, 0.717) is 0 Å². The molecule has 0 unspecified atom stereocenters. The number of nitrogens with one attached hydrogen (secondary N) is 1. The van der Waals surface area contributed by atoms with E-state index in [9.17, 15) is 0 Å². The van der Waals surface area contributed by atoms with Gasteiger partial charge in [0.25, 0.3) is 0 Å². The van der Waals surface area contributed by atoms with E-state index in [4.69, 9.17) is 4.74 Å². The standard InChI is InChI=1S/C16H24N4O/c1-3-21-12-6-10-18-16-19-14(2)13-20(16)11-8-15-7-4-5-9-17-15/h4-5,7,9,13H,3,6,8,10-12H2,1-2H3,(H,18,19). The van der Waals surface area contributed by atoms with Gasteiger partial charge in [-0.1, -0.05) is 6.07 Å². The molecule has 0 aliphatic carbocycles. The quantitative estimate of drug-likeness (QED) is 0.721. The maximum atomic E-state index is 5.34. The second-order valence-corrected chi connectivity index (χ2v) is 4.95. The minimum absolute atomic E-state index is 0.776. The Bertz CT molecular complexity index is 524. The first-order chi connectivity index (χ1) is 10.3. The van der Waals surface area contributed by atoms with Gasteiger partial charge in [-0.2, -0.15) is 0 Å². The lowest BCUT2D eigenvalue weighted by atomic mass is 10.3. The molecule has 0 aliphatic rings. The average Bonchev–Trinajstić information content (AvgIpc) is 2.86. The van der Waals surface area contributed by atoms with Crippen LogP contribution in [0.3, 0.4) is 0 Å². The fourth-order valence-electron chi connectivity index (χ4n) is 2.16. The number of aromatic nitrogens is 3. The number of imidazole rings is 1. The summed E-state index contributed by atoms with van der Waals surface area (Å²) in [4.78, 5) is 8.89. The van der Waals surface area contributed by atoms with Crippen LogP contribution in [0.4, 0.5) is 5.95 Å². The number of ether oxygens (including phenoxy) is 1. The van der Waals surface area contributed by atoms with Gasteiger partial charge in [0.05, 0.1) is 5.69 Å².